The van der Waals surface area contributed by atoms with E-state index >= 15 is 0 Å². The summed E-state index contributed by atoms with van der Waals surface area (Å²) in [5.41, 5.74) is 3.21. The minimum Gasteiger partial charge on any atom is -0.478 e. The second kappa shape index (κ2) is 8.76. The predicted octanol–water partition coefficient (Wildman–Crippen LogP) is 3.48. The zero-order valence-corrected chi connectivity index (χ0v) is 16.0. The first-order valence-corrected chi connectivity index (χ1v) is 8.87. The van der Waals surface area contributed by atoms with Gasteiger partial charge in [-0.1, -0.05) is 18.2 Å². The SMILES string of the molecule is O=C(O)C(F)(F)F.O=C(O)c1ccc(=O)n(-c2cccc(-c3cccn4nccc34)c2)c1. The van der Waals surface area contributed by atoms with Gasteiger partial charge in [0.15, 0.2) is 0 Å². The van der Waals surface area contributed by atoms with Crippen LogP contribution >= 0.6 is 0 Å². The number of rotatable bonds is 3. The van der Waals surface area contributed by atoms with Gasteiger partial charge in [-0.15, -0.1) is 0 Å². The fourth-order valence-corrected chi connectivity index (χ4v) is 2.84. The molecule has 0 saturated carbocycles. The lowest BCUT2D eigenvalue weighted by Crippen LogP contribution is -2.21. The van der Waals surface area contributed by atoms with Gasteiger partial charge in [0, 0.05) is 35.9 Å². The summed E-state index contributed by atoms with van der Waals surface area (Å²) in [5.74, 6) is -3.83. The molecule has 0 atom stereocenters. The largest absolute Gasteiger partial charge is 0.490 e. The molecule has 0 aliphatic rings. The quantitative estimate of drug-likeness (QED) is 0.499. The van der Waals surface area contributed by atoms with E-state index in [0.717, 1.165) is 16.6 Å². The Bertz CT molecular complexity index is 1360. The Morgan fingerprint density at radius 2 is 1.69 bits per heavy atom. The molecule has 3 aromatic heterocycles. The lowest BCUT2D eigenvalue weighted by molar-refractivity contribution is -0.192. The number of alkyl halides is 3. The van der Waals surface area contributed by atoms with Crippen LogP contribution in [-0.4, -0.2) is 42.5 Å². The minimum absolute atomic E-state index is 0.0582. The number of carbonyl (C=O) groups is 2. The van der Waals surface area contributed by atoms with Crippen molar-refractivity contribution in [2.24, 2.45) is 0 Å². The first-order valence-electron chi connectivity index (χ1n) is 8.87. The second-order valence-electron chi connectivity index (χ2n) is 6.37. The van der Waals surface area contributed by atoms with Crippen LogP contribution in [0, 0.1) is 0 Å². The molecule has 0 aliphatic heterocycles. The molecule has 0 bridgehead atoms. The summed E-state index contributed by atoms with van der Waals surface area (Å²) in [6.07, 6.45) is -0.157. The van der Waals surface area contributed by atoms with Crippen molar-refractivity contribution < 1.29 is 33.0 Å². The molecule has 0 fully saturated rings. The molecule has 0 saturated heterocycles. The molecular formula is C21H14F3N3O5. The zero-order valence-electron chi connectivity index (χ0n) is 16.0. The van der Waals surface area contributed by atoms with Crippen LogP contribution in [0.4, 0.5) is 13.2 Å². The van der Waals surface area contributed by atoms with E-state index in [0.29, 0.717) is 5.69 Å². The number of aromatic carboxylic acids is 1. The average Bonchev–Trinajstić information content (AvgIpc) is 3.22. The Morgan fingerprint density at radius 3 is 2.34 bits per heavy atom. The zero-order chi connectivity index (χ0) is 23.5. The normalized spacial score (nSPS) is 11.0. The monoisotopic (exact) mass is 445 g/mol. The van der Waals surface area contributed by atoms with Crippen molar-refractivity contribution in [1.82, 2.24) is 14.2 Å². The number of hydrogen-bond acceptors (Lipinski definition) is 4. The molecule has 1 aromatic carbocycles. The second-order valence-corrected chi connectivity index (χ2v) is 6.37. The van der Waals surface area contributed by atoms with E-state index in [2.05, 4.69) is 5.10 Å². The molecular weight excluding hydrogens is 431 g/mol. The summed E-state index contributed by atoms with van der Waals surface area (Å²) in [4.78, 5) is 32.2. The topological polar surface area (TPSA) is 114 Å². The molecule has 0 spiro atoms. The summed E-state index contributed by atoms with van der Waals surface area (Å²) in [5, 5.41) is 20.5. The van der Waals surface area contributed by atoms with Gasteiger partial charge in [-0.2, -0.15) is 18.3 Å². The maximum absolute atomic E-state index is 12.2. The third kappa shape index (κ3) is 4.83. The van der Waals surface area contributed by atoms with E-state index in [1.165, 1.54) is 22.9 Å². The summed E-state index contributed by atoms with van der Waals surface area (Å²) in [6.45, 7) is 0. The van der Waals surface area contributed by atoms with Crippen molar-refractivity contribution in [3.63, 3.8) is 0 Å². The smallest absolute Gasteiger partial charge is 0.478 e. The number of benzene rings is 1. The van der Waals surface area contributed by atoms with Crippen molar-refractivity contribution >= 4 is 17.5 Å². The number of pyridine rings is 2. The van der Waals surface area contributed by atoms with E-state index < -0.39 is 18.1 Å². The Balaban J connectivity index is 0.000000360. The number of hydrogen-bond donors (Lipinski definition) is 2. The van der Waals surface area contributed by atoms with Crippen molar-refractivity contribution in [1.29, 1.82) is 0 Å². The number of fused-ring (bicyclic) bond motifs is 1. The number of nitrogens with zero attached hydrogens (tertiary/aromatic N) is 3. The minimum atomic E-state index is -5.08. The molecule has 4 aromatic rings. The molecule has 4 rings (SSSR count). The summed E-state index contributed by atoms with van der Waals surface area (Å²) in [6, 6.07) is 15.8. The van der Waals surface area contributed by atoms with Gasteiger partial charge in [0.2, 0.25) is 0 Å². The van der Waals surface area contributed by atoms with Crippen molar-refractivity contribution in [2.45, 2.75) is 6.18 Å². The van der Waals surface area contributed by atoms with Crippen LogP contribution < -0.4 is 5.56 Å². The van der Waals surface area contributed by atoms with Gasteiger partial charge in [-0.3, -0.25) is 9.36 Å². The number of carboxylic acid groups (broad SMARTS) is 2. The Morgan fingerprint density at radius 1 is 0.969 bits per heavy atom. The standard InChI is InChI=1S/C19H13N3O3.C2HF3O2/c23-18-7-6-14(19(24)25)12-21(18)15-4-1-3-13(11-15)16-5-2-10-22-17(16)8-9-20-22;3-2(4,5)1(6)7/h1-12H,(H,24,25);(H,6,7). The van der Waals surface area contributed by atoms with Gasteiger partial charge in [0.1, 0.15) is 0 Å². The Hall–Kier alpha value is -4.41. The molecule has 0 amide bonds. The van der Waals surface area contributed by atoms with Crippen LogP contribution in [0.2, 0.25) is 0 Å². The first kappa shape index (κ1) is 22.3. The van der Waals surface area contributed by atoms with Crippen LogP contribution in [0.1, 0.15) is 10.4 Å². The van der Waals surface area contributed by atoms with Gasteiger partial charge in [-0.25, -0.2) is 14.1 Å². The Labute approximate surface area is 177 Å². The lowest BCUT2D eigenvalue weighted by atomic mass is 10.0. The molecule has 2 N–H and O–H groups in total. The highest BCUT2D eigenvalue weighted by Gasteiger charge is 2.38. The summed E-state index contributed by atoms with van der Waals surface area (Å²) >= 11 is 0. The van der Waals surface area contributed by atoms with Gasteiger partial charge < -0.3 is 10.2 Å². The third-order valence-corrected chi connectivity index (χ3v) is 4.27. The van der Waals surface area contributed by atoms with Gasteiger partial charge in [0.05, 0.1) is 11.1 Å². The number of aliphatic carboxylic acids is 1. The highest BCUT2D eigenvalue weighted by Crippen LogP contribution is 2.26. The van der Waals surface area contributed by atoms with Gasteiger partial charge in [-0.05, 0) is 35.9 Å². The van der Waals surface area contributed by atoms with Crippen LogP contribution in [0.3, 0.4) is 0 Å². The van der Waals surface area contributed by atoms with Crippen molar-refractivity contribution in [3.05, 3.63) is 89.1 Å². The lowest BCUT2D eigenvalue weighted by Gasteiger charge is -2.10. The van der Waals surface area contributed by atoms with Crippen molar-refractivity contribution in [2.75, 3.05) is 0 Å². The van der Waals surface area contributed by atoms with Crippen molar-refractivity contribution in [3.8, 4) is 16.8 Å². The average molecular weight is 445 g/mol. The van der Waals surface area contributed by atoms with Crippen LogP contribution in [0.5, 0.6) is 0 Å². The fourth-order valence-electron chi connectivity index (χ4n) is 2.84. The molecule has 0 aliphatic carbocycles. The third-order valence-electron chi connectivity index (χ3n) is 4.27. The predicted molar refractivity (Wildman–Crippen MR) is 107 cm³/mol. The number of carboxylic acids is 2. The fraction of sp³-hybridized carbons (Fsp3) is 0.0476. The number of aromatic nitrogens is 3. The maximum atomic E-state index is 12.2. The van der Waals surface area contributed by atoms with Gasteiger partial charge in [0.25, 0.3) is 5.56 Å². The van der Waals surface area contributed by atoms with E-state index in [-0.39, 0.29) is 11.1 Å². The molecule has 164 valence electrons. The van der Waals surface area contributed by atoms with E-state index in [4.69, 9.17) is 15.0 Å². The number of halogens is 3. The highest BCUT2D eigenvalue weighted by atomic mass is 19.4. The molecule has 3 heterocycles. The van der Waals surface area contributed by atoms with Crippen LogP contribution in [0.25, 0.3) is 22.3 Å². The molecule has 8 nitrogen and oxygen atoms in total. The van der Waals surface area contributed by atoms with E-state index in [9.17, 15) is 22.8 Å². The summed E-state index contributed by atoms with van der Waals surface area (Å²) in [7, 11) is 0. The molecule has 11 heteroatoms. The first-order chi connectivity index (χ1) is 15.1. The van der Waals surface area contributed by atoms with Crippen LogP contribution in [0.15, 0.2) is 78.0 Å². The maximum Gasteiger partial charge on any atom is 0.490 e. The van der Waals surface area contributed by atoms with Gasteiger partial charge >= 0.3 is 18.1 Å². The molecule has 32 heavy (non-hydrogen) atoms. The molecule has 0 radical (unpaired) electrons. The molecule has 0 unspecified atom stereocenters. The summed E-state index contributed by atoms with van der Waals surface area (Å²) < 4.78 is 34.8. The van der Waals surface area contributed by atoms with E-state index in [1.807, 2.05) is 42.6 Å². The van der Waals surface area contributed by atoms with Crippen LogP contribution in [-0.2, 0) is 4.79 Å². The highest BCUT2D eigenvalue weighted by molar-refractivity contribution is 5.87. The Kier molecular flexibility index (Phi) is 6.10. The van der Waals surface area contributed by atoms with E-state index in [1.54, 1.807) is 16.8 Å².